The summed E-state index contributed by atoms with van der Waals surface area (Å²) >= 11 is 5.88. The first kappa shape index (κ1) is 14.8. The van der Waals surface area contributed by atoms with Gasteiger partial charge in [0.05, 0.1) is 16.9 Å². The fourth-order valence-electron chi connectivity index (χ4n) is 1.69. The van der Waals surface area contributed by atoms with Crippen LogP contribution in [-0.4, -0.2) is 16.5 Å². The Bertz CT molecular complexity index is 560. The van der Waals surface area contributed by atoms with Gasteiger partial charge in [-0.1, -0.05) is 25.4 Å². The van der Waals surface area contributed by atoms with Crippen LogP contribution in [0.2, 0.25) is 5.02 Å². The van der Waals surface area contributed by atoms with E-state index in [2.05, 4.69) is 29.1 Å². The normalized spacial score (nSPS) is 10.8. The predicted molar refractivity (Wildman–Crippen MR) is 80.1 cm³/mol. The van der Waals surface area contributed by atoms with Crippen molar-refractivity contribution in [1.82, 2.24) is 15.3 Å². The summed E-state index contributed by atoms with van der Waals surface area (Å²) in [4.78, 5) is 8.30. The Kier molecular flexibility index (Phi) is 5.32. The number of nitrogens with zero attached hydrogens (tertiary/aromatic N) is 2. The maximum Gasteiger partial charge on any atom is 0.147 e. The molecule has 0 aliphatic carbocycles. The van der Waals surface area contributed by atoms with Crippen LogP contribution in [0, 0.1) is 5.92 Å². The molecule has 0 unspecified atom stereocenters. The molecule has 0 aliphatic heterocycles. The highest BCUT2D eigenvalue weighted by Crippen LogP contribution is 2.22. The van der Waals surface area contributed by atoms with Gasteiger partial charge in [0, 0.05) is 31.1 Å². The number of pyridine rings is 2. The first-order chi connectivity index (χ1) is 9.63. The lowest BCUT2D eigenvalue weighted by Gasteiger charge is -2.09. The zero-order chi connectivity index (χ0) is 14.4. The Morgan fingerprint density at radius 3 is 2.85 bits per heavy atom. The Labute approximate surface area is 124 Å². The average Bonchev–Trinajstić information content (AvgIpc) is 2.39. The number of rotatable bonds is 6. The van der Waals surface area contributed by atoms with Gasteiger partial charge in [-0.15, -0.1) is 0 Å². The summed E-state index contributed by atoms with van der Waals surface area (Å²) < 4.78 is 5.71. The van der Waals surface area contributed by atoms with E-state index in [1.54, 1.807) is 24.7 Å². The monoisotopic (exact) mass is 291 g/mol. The summed E-state index contributed by atoms with van der Waals surface area (Å²) in [5.41, 5.74) is 0.943. The average molecular weight is 292 g/mol. The van der Waals surface area contributed by atoms with Gasteiger partial charge in [-0.3, -0.25) is 9.97 Å². The van der Waals surface area contributed by atoms with Gasteiger partial charge < -0.3 is 10.1 Å². The summed E-state index contributed by atoms with van der Waals surface area (Å²) in [6.45, 7) is 6.03. The highest BCUT2D eigenvalue weighted by Gasteiger charge is 2.02. The van der Waals surface area contributed by atoms with E-state index in [9.17, 15) is 0 Å². The highest BCUT2D eigenvalue weighted by atomic mass is 35.5. The molecule has 2 aromatic heterocycles. The minimum Gasteiger partial charge on any atom is -0.456 e. The molecule has 2 rings (SSSR count). The molecule has 0 saturated heterocycles. The first-order valence-corrected chi connectivity index (χ1v) is 6.95. The summed E-state index contributed by atoms with van der Waals surface area (Å²) in [6, 6.07) is 5.45. The first-order valence-electron chi connectivity index (χ1n) is 6.57. The quantitative estimate of drug-likeness (QED) is 0.882. The molecule has 2 aromatic rings. The van der Waals surface area contributed by atoms with Crippen LogP contribution in [0.15, 0.2) is 36.8 Å². The summed E-state index contributed by atoms with van der Waals surface area (Å²) in [5.74, 6) is 1.96. The van der Waals surface area contributed by atoms with Crippen molar-refractivity contribution >= 4 is 11.6 Å². The van der Waals surface area contributed by atoms with E-state index in [0.717, 1.165) is 24.5 Å². The van der Waals surface area contributed by atoms with Crippen LogP contribution in [-0.2, 0) is 6.54 Å². The third-order valence-electron chi connectivity index (χ3n) is 2.56. The summed E-state index contributed by atoms with van der Waals surface area (Å²) in [5, 5.41) is 3.90. The van der Waals surface area contributed by atoms with Crippen molar-refractivity contribution in [3.05, 3.63) is 47.5 Å². The fraction of sp³-hybridized carbons (Fsp3) is 0.333. The molecule has 0 radical (unpaired) electrons. The van der Waals surface area contributed by atoms with E-state index < -0.39 is 0 Å². The maximum absolute atomic E-state index is 5.88. The molecule has 0 saturated carbocycles. The largest absolute Gasteiger partial charge is 0.456 e. The maximum atomic E-state index is 5.88. The topological polar surface area (TPSA) is 47.0 Å². The third kappa shape index (κ3) is 4.79. The SMILES string of the molecule is CC(C)CNCc1cc(Oc2cncc(Cl)c2)ccn1. The van der Waals surface area contributed by atoms with Gasteiger partial charge in [-0.2, -0.15) is 0 Å². The Morgan fingerprint density at radius 2 is 2.10 bits per heavy atom. The molecule has 0 atom stereocenters. The van der Waals surface area contributed by atoms with Crippen LogP contribution in [0.3, 0.4) is 0 Å². The van der Waals surface area contributed by atoms with Gasteiger partial charge in [0.1, 0.15) is 11.5 Å². The Morgan fingerprint density at radius 1 is 1.25 bits per heavy atom. The molecule has 0 aliphatic rings. The van der Waals surface area contributed by atoms with Gasteiger partial charge in [0.15, 0.2) is 0 Å². The molecule has 0 bridgehead atoms. The number of hydrogen-bond donors (Lipinski definition) is 1. The van der Waals surface area contributed by atoms with Gasteiger partial charge >= 0.3 is 0 Å². The molecule has 0 aromatic carbocycles. The van der Waals surface area contributed by atoms with Crippen LogP contribution in [0.25, 0.3) is 0 Å². The van der Waals surface area contributed by atoms with Gasteiger partial charge in [-0.25, -0.2) is 0 Å². The van der Waals surface area contributed by atoms with Crippen molar-refractivity contribution in [2.75, 3.05) is 6.54 Å². The van der Waals surface area contributed by atoms with Crippen molar-refractivity contribution in [1.29, 1.82) is 0 Å². The van der Waals surface area contributed by atoms with Crippen molar-refractivity contribution in [3.63, 3.8) is 0 Å². The van der Waals surface area contributed by atoms with Crippen LogP contribution in [0.5, 0.6) is 11.5 Å². The van der Waals surface area contributed by atoms with Gasteiger partial charge in [0.2, 0.25) is 0 Å². The number of ether oxygens (including phenoxy) is 1. The minimum absolute atomic E-state index is 0.551. The van der Waals surface area contributed by atoms with Crippen molar-refractivity contribution in [3.8, 4) is 11.5 Å². The van der Waals surface area contributed by atoms with Crippen LogP contribution in [0.4, 0.5) is 0 Å². The number of aromatic nitrogens is 2. The molecule has 4 nitrogen and oxygen atoms in total. The molecule has 20 heavy (non-hydrogen) atoms. The molecule has 0 spiro atoms. The lowest BCUT2D eigenvalue weighted by molar-refractivity contribution is 0.477. The zero-order valence-corrected chi connectivity index (χ0v) is 12.4. The van der Waals surface area contributed by atoms with E-state index in [-0.39, 0.29) is 0 Å². The van der Waals surface area contributed by atoms with Crippen LogP contribution < -0.4 is 10.1 Å². The van der Waals surface area contributed by atoms with Crippen molar-refractivity contribution in [2.45, 2.75) is 20.4 Å². The standard InChI is InChI=1S/C15H18ClN3O/c1-11(2)7-17-9-13-6-14(3-4-19-13)20-15-5-12(16)8-18-10-15/h3-6,8,10-11,17H,7,9H2,1-2H3. The lowest BCUT2D eigenvalue weighted by Crippen LogP contribution is -2.19. The van der Waals surface area contributed by atoms with Crippen molar-refractivity contribution < 1.29 is 4.74 Å². The number of hydrogen-bond acceptors (Lipinski definition) is 4. The molecule has 1 N–H and O–H groups in total. The Balaban J connectivity index is 1.99. The molecule has 0 fully saturated rings. The van der Waals surface area contributed by atoms with Crippen LogP contribution >= 0.6 is 11.6 Å². The van der Waals surface area contributed by atoms with E-state index in [1.165, 1.54) is 0 Å². The second-order valence-electron chi connectivity index (χ2n) is 4.95. The molecular formula is C15H18ClN3O. The van der Waals surface area contributed by atoms with E-state index >= 15 is 0 Å². The second-order valence-corrected chi connectivity index (χ2v) is 5.38. The molecular weight excluding hydrogens is 274 g/mol. The predicted octanol–water partition coefficient (Wildman–Crippen LogP) is 3.67. The van der Waals surface area contributed by atoms with Gasteiger partial charge in [-0.05, 0) is 18.5 Å². The Hall–Kier alpha value is -1.65. The van der Waals surface area contributed by atoms with E-state index in [4.69, 9.17) is 16.3 Å². The second kappa shape index (κ2) is 7.22. The third-order valence-corrected chi connectivity index (χ3v) is 2.77. The van der Waals surface area contributed by atoms with Crippen LogP contribution in [0.1, 0.15) is 19.5 Å². The molecule has 2 heterocycles. The lowest BCUT2D eigenvalue weighted by atomic mass is 10.2. The highest BCUT2D eigenvalue weighted by molar-refractivity contribution is 6.30. The molecule has 5 heteroatoms. The van der Waals surface area contributed by atoms with E-state index in [0.29, 0.717) is 16.7 Å². The smallest absolute Gasteiger partial charge is 0.147 e. The van der Waals surface area contributed by atoms with Crippen molar-refractivity contribution in [2.24, 2.45) is 5.92 Å². The minimum atomic E-state index is 0.551. The zero-order valence-electron chi connectivity index (χ0n) is 11.6. The van der Waals surface area contributed by atoms with Gasteiger partial charge in [0.25, 0.3) is 0 Å². The number of nitrogens with one attached hydrogen (secondary N) is 1. The summed E-state index contributed by atoms with van der Waals surface area (Å²) in [7, 11) is 0. The van der Waals surface area contributed by atoms with E-state index in [1.807, 2.05) is 12.1 Å². The number of halogens is 1. The molecule has 106 valence electrons. The summed E-state index contributed by atoms with van der Waals surface area (Å²) in [6.07, 6.45) is 4.94. The fourth-order valence-corrected chi connectivity index (χ4v) is 1.85. The molecule has 0 amide bonds.